The lowest BCUT2D eigenvalue weighted by Crippen LogP contribution is -2.28. The van der Waals surface area contributed by atoms with Crippen molar-refractivity contribution < 1.29 is 9.53 Å². The van der Waals surface area contributed by atoms with Crippen molar-refractivity contribution in [3.8, 4) is 0 Å². The van der Waals surface area contributed by atoms with E-state index in [1.54, 1.807) is 11.5 Å². The van der Waals surface area contributed by atoms with Crippen LogP contribution >= 0.6 is 0 Å². The van der Waals surface area contributed by atoms with E-state index in [9.17, 15) is 9.59 Å². The number of nitrogens with zero attached hydrogens (tertiary/aromatic N) is 3. The van der Waals surface area contributed by atoms with Gasteiger partial charge in [0.15, 0.2) is 0 Å². The molecule has 0 unspecified atom stereocenters. The van der Waals surface area contributed by atoms with E-state index in [-0.39, 0.29) is 17.8 Å². The van der Waals surface area contributed by atoms with Gasteiger partial charge in [-0.3, -0.25) is 4.57 Å². The molecule has 0 N–H and O–H groups in total. The second-order valence-electron chi connectivity index (χ2n) is 4.29. The molecule has 6 heteroatoms. The Bertz CT molecular complexity index is 527. The lowest BCUT2D eigenvalue weighted by molar-refractivity contribution is -0.138. The van der Waals surface area contributed by atoms with E-state index >= 15 is 0 Å². The minimum absolute atomic E-state index is 0.0949. The fraction of sp³-hybridized carbons (Fsp3) is 0.583. The van der Waals surface area contributed by atoms with Crippen molar-refractivity contribution in [3.05, 3.63) is 28.5 Å². The van der Waals surface area contributed by atoms with E-state index in [0.717, 1.165) is 25.1 Å². The van der Waals surface area contributed by atoms with Gasteiger partial charge >= 0.3 is 11.7 Å². The first-order valence-electron chi connectivity index (χ1n) is 6.15. The standard InChI is InChI=1S/C12H17N3O3/c1-3-18-11(16)9(2)8-15-12(17)14-7-5-4-6-10(14)13-15/h2-8H2,1H3. The monoisotopic (exact) mass is 251 g/mol. The molecule has 0 atom stereocenters. The number of carbonyl (C=O) groups is 1. The van der Waals surface area contributed by atoms with Crippen LogP contribution in [-0.2, 0) is 29.0 Å². The van der Waals surface area contributed by atoms with Gasteiger partial charge in [0.2, 0.25) is 0 Å². The molecule has 0 radical (unpaired) electrons. The molecule has 1 aliphatic heterocycles. The molecule has 2 rings (SSSR count). The molecule has 0 spiro atoms. The van der Waals surface area contributed by atoms with E-state index in [4.69, 9.17) is 4.74 Å². The topological polar surface area (TPSA) is 66.1 Å². The minimum atomic E-state index is -0.477. The Kier molecular flexibility index (Phi) is 3.64. The normalized spacial score (nSPS) is 14.1. The summed E-state index contributed by atoms with van der Waals surface area (Å²) >= 11 is 0. The van der Waals surface area contributed by atoms with Crippen molar-refractivity contribution in [1.29, 1.82) is 0 Å². The van der Waals surface area contributed by atoms with Crippen LogP contribution < -0.4 is 5.69 Å². The van der Waals surface area contributed by atoms with Crippen LogP contribution in [-0.4, -0.2) is 26.9 Å². The van der Waals surface area contributed by atoms with E-state index in [1.807, 2.05) is 0 Å². The highest BCUT2D eigenvalue weighted by Gasteiger charge is 2.18. The van der Waals surface area contributed by atoms with Gasteiger partial charge < -0.3 is 4.74 Å². The molecule has 1 aliphatic rings. The average Bonchev–Trinajstić information content (AvgIpc) is 2.67. The van der Waals surface area contributed by atoms with Crippen molar-refractivity contribution in [2.24, 2.45) is 0 Å². The summed E-state index contributed by atoms with van der Waals surface area (Å²) in [5, 5.41) is 4.23. The van der Waals surface area contributed by atoms with E-state index in [1.165, 1.54) is 4.68 Å². The number of aryl methyl sites for hydroxylation is 1. The van der Waals surface area contributed by atoms with Crippen LogP contribution in [0.25, 0.3) is 0 Å². The number of rotatable bonds is 4. The van der Waals surface area contributed by atoms with Gasteiger partial charge in [-0.15, -0.1) is 0 Å². The SMILES string of the molecule is C=C(Cn1nc2n(c1=O)CCCC2)C(=O)OCC. The third kappa shape index (κ3) is 2.37. The molecular formula is C12H17N3O3. The molecule has 2 heterocycles. The number of hydrogen-bond acceptors (Lipinski definition) is 4. The molecular weight excluding hydrogens is 234 g/mol. The Morgan fingerprint density at radius 2 is 2.28 bits per heavy atom. The van der Waals surface area contributed by atoms with E-state index < -0.39 is 5.97 Å². The predicted octanol–water partition coefficient (Wildman–Crippen LogP) is 0.500. The van der Waals surface area contributed by atoms with Crippen molar-refractivity contribution in [3.63, 3.8) is 0 Å². The number of aromatic nitrogens is 3. The summed E-state index contributed by atoms with van der Waals surface area (Å²) in [4.78, 5) is 23.4. The maximum absolute atomic E-state index is 12.0. The van der Waals surface area contributed by atoms with Gasteiger partial charge in [0.05, 0.1) is 18.7 Å². The molecule has 0 saturated carbocycles. The lowest BCUT2D eigenvalue weighted by atomic mass is 10.2. The average molecular weight is 251 g/mol. The number of hydrogen-bond donors (Lipinski definition) is 0. The maximum Gasteiger partial charge on any atom is 0.346 e. The van der Waals surface area contributed by atoms with Gasteiger partial charge in [-0.05, 0) is 19.8 Å². The first-order chi connectivity index (χ1) is 8.63. The quantitative estimate of drug-likeness (QED) is 0.577. The number of ether oxygens (including phenoxy) is 1. The predicted molar refractivity (Wildman–Crippen MR) is 65.2 cm³/mol. The smallest absolute Gasteiger partial charge is 0.346 e. The first-order valence-corrected chi connectivity index (χ1v) is 6.15. The van der Waals surface area contributed by atoms with Crippen LogP contribution in [0.5, 0.6) is 0 Å². The molecule has 98 valence electrons. The van der Waals surface area contributed by atoms with Crippen molar-refractivity contribution in [2.75, 3.05) is 6.61 Å². The molecule has 0 aliphatic carbocycles. The second-order valence-corrected chi connectivity index (χ2v) is 4.29. The summed E-state index contributed by atoms with van der Waals surface area (Å²) in [6.07, 6.45) is 2.86. The highest BCUT2D eigenvalue weighted by atomic mass is 16.5. The highest BCUT2D eigenvalue weighted by molar-refractivity contribution is 5.87. The Labute approximate surface area is 105 Å². The molecule has 0 bridgehead atoms. The zero-order valence-electron chi connectivity index (χ0n) is 10.5. The molecule has 6 nitrogen and oxygen atoms in total. The summed E-state index contributed by atoms with van der Waals surface area (Å²) in [6, 6.07) is 0. The summed E-state index contributed by atoms with van der Waals surface area (Å²) in [5.41, 5.74) is 0.0737. The molecule has 0 fully saturated rings. The Morgan fingerprint density at radius 3 is 2.94 bits per heavy atom. The van der Waals surface area contributed by atoms with Gasteiger partial charge in [0, 0.05) is 13.0 Å². The minimum Gasteiger partial charge on any atom is -0.463 e. The van der Waals surface area contributed by atoms with Crippen LogP contribution in [0.1, 0.15) is 25.6 Å². The second kappa shape index (κ2) is 5.20. The van der Waals surface area contributed by atoms with Crippen molar-refractivity contribution in [2.45, 2.75) is 39.3 Å². The molecule has 0 amide bonds. The van der Waals surface area contributed by atoms with Gasteiger partial charge in [-0.2, -0.15) is 5.10 Å². The summed E-state index contributed by atoms with van der Waals surface area (Å²) in [5.74, 6) is 0.318. The van der Waals surface area contributed by atoms with Crippen LogP contribution in [0.15, 0.2) is 16.9 Å². The molecule has 0 aromatic carbocycles. The Hall–Kier alpha value is -1.85. The van der Waals surface area contributed by atoms with Crippen LogP contribution in [0.2, 0.25) is 0 Å². The van der Waals surface area contributed by atoms with Crippen LogP contribution in [0.4, 0.5) is 0 Å². The highest BCUT2D eigenvalue weighted by Crippen LogP contribution is 2.09. The van der Waals surface area contributed by atoms with E-state index in [2.05, 4.69) is 11.7 Å². The summed E-state index contributed by atoms with van der Waals surface area (Å²) < 4.78 is 7.79. The van der Waals surface area contributed by atoms with Gasteiger partial charge in [-0.1, -0.05) is 6.58 Å². The lowest BCUT2D eigenvalue weighted by Gasteiger charge is -2.09. The van der Waals surface area contributed by atoms with Crippen molar-refractivity contribution >= 4 is 5.97 Å². The molecule has 1 aromatic rings. The first kappa shape index (κ1) is 12.6. The van der Waals surface area contributed by atoms with Gasteiger partial charge in [-0.25, -0.2) is 14.3 Å². The number of carbonyl (C=O) groups excluding carboxylic acids is 1. The fourth-order valence-electron chi connectivity index (χ4n) is 2.03. The number of esters is 1. The molecule has 1 aromatic heterocycles. The third-order valence-corrected chi connectivity index (χ3v) is 2.94. The molecule has 0 saturated heterocycles. The zero-order chi connectivity index (χ0) is 13.1. The maximum atomic E-state index is 12.0. The summed E-state index contributed by atoms with van der Waals surface area (Å²) in [7, 11) is 0. The van der Waals surface area contributed by atoms with Crippen molar-refractivity contribution in [1.82, 2.24) is 14.3 Å². The largest absolute Gasteiger partial charge is 0.463 e. The Morgan fingerprint density at radius 1 is 1.50 bits per heavy atom. The van der Waals surface area contributed by atoms with Crippen LogP contribution in [0.3, 0.4) is 0 Å². The van der Waals surface area contributed by atoms with Gasteiger partial charge in [0.1, 0.15) is 5.82 Å². The number of fused-ring (bicyclic) bond motifs is 1. The fourth-order valence-corrected chi connectivity index (χ4v) is 2.03. The van der Waals surface area contributed by atoms with E-state index in [0.29, 0.717) is 13.2 Å². The Balaban J connectivity index is 2.15. The molecule has 18 heavy (non-hydrogen) atoms. The van der Waals surface area contributed by atoms with Crippen LogP contribution in [0, 0.1) is 0 Å². The zero-order valence-corrected chi connectivity index (χ0v) is 10.5. The van der Waals surface area contributed by atoms with Gasteiger partial charge in [0.25, 0.3) is 0 Å². The summed E-state index contributed by atoms with van der Waals surface area (Å²) in [6.45, 7) is 6.46. The third-order valence-electron chi connectivity index (χ3n) is 2.94.